The Kier molecular flexibility index (Phi) is 7.55. The number of para-hydroxylation sites is 2. The maximum Gasteiger partial charge on any atom is 0.167 e. The molecule has 5 nitrogen and oxygen atoms in total. The van der Waals surface area contributed by atoms with E-state index in [1.807, 2.05) is 47.7 Å². The quantitative estimate of drug-likeness (QED) is 0.181. The molecule has 1 aliphatic heterocycles. The molecule has 0 unspecified atom stereocenters. The summed E-state index contributed by atoms with van der Waals surface area (Å²) >= 11 is 1.89. The monoisotopic (exact) mass is 727 g/mol. The molecule has 0 bridgehead atoms. The van der Waals surface area contributed by atoms with E-state index in [4.69, 9.17) is 24.1 Å². The van der Waals surface area contributed by atoms with Crippen molar-refractivity contribution in [2.45, 2.75) is 19.3 Å². The molecule has 1 aliphatic carbocycles. The van der Waals surface area contributed by atoms with E-state index in [1.54, 1.807) is 0 Å². The molecule has 6 heteroatoms. The SMILES string of the molecule is C1=Cc2sc3c(C4=C/COc5cccc(-c6nc(-c7cccc8ccccc78)nc(-c7cccc8c7oc7ccccc78)n6)c5C/C=C\4)cccc3c2CC1. The van der Waals surface area contributed by atoms with Crippen molar-refractivity contribution in [1.29, 1.82) is 0 Å². The molecule has 262 valence electrons. The highest BCUT2D eigenvalue weighted by atomic mass is 32.1. The van der Waals surface area contributed by atoms with Gasteiger partial charge in [-0.1, -0.05) is 121 Å². The zero-order chi connectivity index (χ0) is 36.3. The largest absolute Gasteiger partial charge is 0.489 e. The molecular formula is C49H33N3O2S. The van der Waals surface area contributed by atoms with Crippen LogP contribution in [-0.2, 0) is 12.8 Å². The summed E-state index contributed by atoms with van der Waals surface area (Å²) < 4.78 is 14.4. The highest BCUT2D eigenvalue weighted by Gasteiger charge is 2.22. The van der Waals surface area contributed by atoms with Crippen LogP contribution < -0.4 is 4.74 Å². The Morgan fingerprint density at radius 2 is 1.24 bits per heavy atom. The molecule has 0 amide bonds. The van der Waals surface area contributed by atoms with Crippen molar-refractivity contribution in [3.63, 3.8) is 0 Å². The summed E-state index contributed by atoms with van der Waals surface area (Å²) in [6.45, 7) is 0.440. The van der Waals surface area contributed by atoms with Crippen LogP contribution in [-0.4, -0.2) is 21.6 Å². The van der Waals surface area contributed by atoms with Gasteiger partial charge in [0.25, 0.3) is 0 Å². The lowest BCUT2D eigenvalue weighted by molar-refractivity contribution is 0.360. The van der Waals surface area contributed by atoms with Gasteiger partial charge in [-0.25, -0.2) is 15.0 Å². The second kappa shape index (κ2) is 13.0. The van der Waals surface area contributed by atoms with Gasteiger partial charge in [0.1, 0.15) is 23.5 Å². The van der Waals surface area contributed by atoms with Crippen molar-refractivity contribution < 1.29 is 9.15 Å². The van der Waals surface area contributed by atoms with Gasteiger partial charge in [0, 0.05) is 37.0 Å². The predicted octanol–water partition coefficient (Wildman–Crippen LogP) is 12.7. The highest BCUT2D eigenvalue weighted by Crippen LogP contribution is 2.41. The number of ether oxygens (including phenoxy) is 1. The molecule has 3 aromatic heterocycles. The minimum absolute atomic E-state index is 0.440. The molecule has 6 aromatic carbocycles. The number of hydrogen-bond acceptors (Lipinski definition) is 6. The lowest BCUT2D eigenvalue weighted by Gasteiger charge is -2.15. The molecular weight excluding hydrogens is 695 g/mol. The van der Waals surface area contributed by atoms with E-state index in [0.717, 1.165) is 73.6 Å². The normalized spacial score (nSPS) is 15.5. The van der Waals surface area contributed by atoms with Gasteiger partial charge in [-0.2, -0.15) is 0 Å². The topological polar surface area (TPSA) is 61.0 Å². The standard InChI is InChI=1S/C49H33N3O2S/c1-2-15-32-30(12-1)13-8-22-39(32)47-50-48(52-49(51-47)41-24-10-20-37-34-16-3-5-25-43(34)54-45(37)41)40-23-11-26-42-35(40)19-7-14-31(28-29-53-42)33-18-9-21-38-36-17-4-6-27-44(36)55-46(33)38/h1-3,5-16,18,20-28H,4,17,19,29H2/b14-7-,31-28+. The number of fused-ring (bicyclic) bond motifs is 8. The van der Waals surface area contributed by atoms with Crippen molar-refractivity contribution in [3.05, 3.63) is 167 Å². The number of allylic oxidation sites excluding steroid dienone is 4. The van der Waals surface area contributed by atoms with Gasteiger partial charge in [0.2, 0.25) is 0 Å². The fraction of sp³-hybridized carbons (Fsp3) is 0.0816. The van der Waals surface area contributed by atoms with Gasteiger partial charge in [0.05, 0.1) is 5.56 Å². The summed E-state index contributed by atoms with van der Waals surface area (Å²) in [5, 5.41) is 5.67. The van der Waals surface area contributed by atoms with E-state index in [0.29, 0.717) is 30.5 Å². The van der Waals surface area contributed by atoms with E-state index in [-0.39, 0.29) is 0 Å². The van der Waals surface area contributed by atoms with E-state index in [1.165, 1.54) is 31.7 Å². The number of aryl methyl sites for hydroxylation is 1. The summed E-state index contributed by atoms with van der Waals surface area (Å²) in [4.78, 5) is 17.0. The van der Waals surface area contributed by atoms with E-state index in [9.17, 15) is 0 Å². The first-order valence-corrected chi connectivity index (χ1v) is 19.6. The number of furan rings is 1. The number of thiophene rings is 1. The van der Waals surface area contributed by atoms with Crippen molar-refractivity contribution in [2.24, 2.45) is 0 Å². The highest BCUT2D eigenvalue weighted by molar-refractivity contribution is 7.20. The number of rotatable bonds is 4. The lowest BCUT2D eigenvalue weighted by atomic mass is 9.97. The molecule has 0 fully saturated rings. The van der Waals surface area contributed by atoms with Crippen molar-refractivity contribution in [2.75, 3.05) is 6.61 Å². The first-order chi connectivity index (χ1) is 27.3. The van der Waals surface area contributed by atoms with Crippen LogP contribution in [0, 0.1) is 0 Å². The van der Waals surface area contributed by atoms with E-state index >= 15 is 0 Å². The molecule has 0 saturated carbocycles. The van der Waals surface area contributed by atoms with Gasteiger partial charge < -0.3 is 9.15 Å². The maximum atomic E-state index is 6.58. The molecule has 9 aromatic rings. The average molecular weight is 728 g/mol. The predicted molar refractivity (Wildman–Crippen MR) is 226 cm³/mol. The van der Waals surface area contributed by atoms with Crippen LogP contribution in [0.1, 0.15) is 28.0 Å². The van der Waals surface area contributed by atoms with Crippen LogP contribution in [0.5, 0.6) is 5.75 Å². The smallest absolute Gasteiger partial charge is 0.167 e. The molecule has 4 heterocycles. The van der Waals surface area contributed by atoms with Crippen LogP contribution in [0.4, 0.5) is 0 Å². The fourth-order valence-corrected chi connectivity index (χ4v) is 9.54. The Labute approximate surface area is 321 Å². The molecule has 2 aliphatic rings. The summed E-state index contributed by atoms with van der Waals surface area (Å²) in [7, 11) is 0. The minimum atomic E-state index is 0.440. The third-order valence-electron chi connectivity index (χ3n) is 10.8. The maximum absolute atomic E-state index is 6.58. The summed E-state index contributed by atoms with van der Waals surface area (Å²) in [6.07, 6.45) is 14.1. The van der Waals surface area contributed by atoms with Gasteiger partial charge >= 0.3 is 0 Å². The van der Waals surface area contributed by atoms with Crippen LogP contribution in [0.25, 0.3) is 88.6 Å². The van der Waals surface area contributed by atoms with Crippen molar-refractivity contribution in [1.82, 2.24) is 15.0 Å². The zero-order valence-electron chi connectivity index (χ0n) is 29.8. The zero-order valence-corrected chi connectivity index (χ0v) is 30.6. The average Bonchev–Trinajstić information content (AvgIpc) is 3.84. The Balaban J connectivity index is 1.06. The minimum Gasteiger partial charge on any atom is -0.489 e. The molecule has 0 atom stereocenters. The molecule has 0 N–H and O–H groups in total. The molecule has 0 spiro atoms. The Morgan fingerprint density at radius 1 is 0.545 bits per heavy atom. The van der Waals surface area contributed by atoms with Gasteiger partial charge in [-0.3, -0.25) is 0 Å². The van der Waals surface area contributed by atoms with E-state index in [2.05, 4.69) is 115 Å². The van der Waals surface area contributed by atoms with Crippen LogP contribution in [0.2, 0.25) is 0 Å². The number of hydrogen-bond donors (Lipinski definition) is 0. The molecule has 55 heavy (non-hydrogen) atoms. The van der Waals surface area contributed by atoms with Gasteiger partial charge in [-0.05, 0) is 82.5 Å². The Morgan fingerprint density at radius 3 is 2.16 bits per heavy atom. The Bertz CT molecular complexity index is 3090. The van der Waals surface area contributed by atoms with E-state index < -0.39 is 0 Å². The third kappa shape index (κ3) is 5.40. The second-order valence-electron chi connectivity index (χ2n) is 14.0. The second-order valence-corrected chi connectivity index (χ2v) is 15.1. The Hall–Kier alpha value is -6.63. The van der Waals surface area contributed by atoms with Crippen molar-refractivity contribution in [3.8, 4) is 39.9 Å². The first-order valence-electron chi connectivity index (χ1n) is 18.7. The van der Waals surface area contributed by atoms with Crippen LogP contribution in [0.3, 0.4) is 0 Å². The summed E-state index contributed by atoms with van der Waals surface area (Å²) in [5.74, 6) is 2.57. The number of aromatic nitrogens is 3. The molecule has 11 rings (SSSR count). The van der Waals surface area contributed by atoms with Gasteiger partial charge in [-0.15, -0.1) is 11.3 Å². The van der Waals surface area contributed by atoms with Crippen molar-refractivity contribution >= 4 is 65.8 Å². The van der Waals surface area contributed by atoms with Gasteiger partial charge in [0.15, 0.2) is 17.5 Å². The van der Waals surface area contributed by atoms with Crippen LogP contribution in [0.15, 0.2) is 150 Å². The summed E-state index contributed by atoms with van der Waals surface area (Å²) in [6, 6.07) is 41.8. The summed E-state index contributed by atoms with van der Waals surface area (Å²) in [5.41, 5.74) is 9.18. The number of benzene rings is 6. The third-order valence-corrected chi connectivity index (χ3v) is 12.1. The molecule has 0 radical (unpaired) electrons. The molecule has 0 saturated heterocycles. The van der Waals surface area contributed by atoms with Crippen LogP contribution >= 0.6 is 11.3 Å². The number of nitrogens with zero attached hydrogens (tertiary/aromatic N) is 3. The first kappa shape index (κ1) is 31.9. The fourth-order valence-electron chi connectivity index (χ4n) is 8.22. The lowest BCUT2D eigenvalue weighted by Crippen LogP contribution is -2.04.